The molecule has 4 heterocycles. The van der Waals surface area contributed by atoms with Crippen LogP contribution < -0.4 is 0 Å². The molecule has 0 aromatic heterocycles. The first-order valence-electron chi connectivity index (χ1n) is 13.0. The van der Waals surface area contributed by atoms with Gasteiger partial charge in [-0.2, -0.15) is 0 Å². The van der Waals surface area contributed by atoms with Gasteiger partial charge in [-0.3, -0.25) is 9.59 Å². The molecule has 3 saturated heterocycles. The Kier molecular flexibility index (Phi) is 5.07. The van der Waals surface area contributed by atoms with Crippen molar-refractivity contribution in [2.75, 3.05) is 7.11 Å². The molecule has 0 amide bonds. The lowest BCUT2D eigenvalue weighted by molar-refractivity contribution is -0.234. The first kappa shape index (κ1) is 25.9. The molecule has 6 rings (SSSR count). The van der Waals surface area contributed by atoms with Gasteiger partial charge in [0.05, 0.1) is 36.8 Å². The normalized spacial score (nSPS) is 52.1. The SMILES string of the molecule is COC(=O)C[C@H]1OC(C)(C)[C@@H]2CC(=O)[C@]3(C)[C@H]([C@@H](O)C[C@@]4(C)[C@H](C5=CC(=O)OC5O)OC(=O)[C@H]5O[C@]543)[C@@]12C. The fourth-order valence-corrected chi connectivity index (χ4v) is 9.52. The summed E-state index contributed by atoms with van der Waals surface area (Å²) in [5, 5.41) is 22.4. The summed E-state index contributed by atoms with van der Waals surface area (Å²) < 4.78 is 28.2. The van der Waals surface area contributed by atoms with Crippen LogP contribution in [0, 0.1) is 28.1 Å². The first-order chi connectivity index (χ1) is 17.6. The van der Waals surface area contributed by atoms with Crippen LogP contribution in [-0.2, 0) is 42.9 Å². The molecule has 1 spiro atoms. The van der Waals surface area contributed by atoms with E-state index in [1.54, 1.807) is 13.8 Å². The number of carbonyl (C=O) groups excluding carboxylic acids is 4. The maximum Gasteiger partial charge on any atom is 0.339 e. The van der Waals surface area contributed by atoms with Crippen LogP contribution >= 0.6 is 0 Å². The van der Waals surface area contributed by atoms with Gasteiger partial charge in [0.1, 0.15) is 17.5 Å². The largest absolute Gasteiger partial charge is 0.469 e. The fraction of sp³-hybridized carbons (Fsp3) is 0.778. The van der Waals surface area contributed by atoms with Crippen molar-refractivity contribution in [2.45, 2.75) is 95.8 Å². The van der Waals surface area contributed by atoms with Gasteiger partial charge in [-0.15, -0.1) is 0 Å². The molecule has 11 nitrogen and oxygen atoms in total. The highest BCUT2D eigenvalue weighted by molar-refractivity contribution is 5.94. The molecule has 2 N–H and O–H groups in total. The predicted octanol–water partition coefficient (Wildman–Crippen LogP) is 0.580. The summed E-state index contributed by atoms with van der Waals surface area (Å²) in [6, 6.07) is 0. The number of epoxide rings is 1. The minimum atomic E-state index is -1.62. The molecule has 11 atom stereocenters. The average molecular weight is 535 g/mol. The summed E-state index contributed by atoms with van der Waals surface area (Å²) in [6.45, 7) is 9.21. The molecular formula is C27H34O11. The molecular weight excluding hydrogens is 500 g/mol. The summed E-state index contributed by atoms with van der Waals surface area (Å²) in [4.78, 5) is 51.9. The number of fused-ring (bicyclic) bond motifs is 3. The van der Waals surface area contributed by atoms with E-state index >= 15 is 0 Å². The van der Waals surface area contributed by atoms with Crippen LogP contribution in [0.2, 0.25) is 0 Å². The van der Waals surface area contributed by atoms with Gasteiger partial charge in [0.15, 0.2) is 6.10 Å². The summed E-state index contributed by atoms with van der Waals surface area (Å²) in [7, 11) is 1.30. The second kappa shape index (κ2) is 7.44. The van der Waals surface area contributed by atoms with Crippen LogP contribution in [0.5, 0.6) is 0 Å². The van der Waals surface area contributed by atoms with Crippen molar-refractivity contribution in [3.8, 4) is 0 Å². The molecule has 0 bridgehead atoms. The van der Waals surface area contributed by atoms with E-state index in [2.05, 4.69) is 0 Å². The molecule has 4 aliphatic heterocycles. The number of hydrogen-bond donors (Lipinski definition) is 2. The predicted molar refractivity (Wildman–Crippen MR) is 125 cm³/mol. The van der Waals surface area contributed by atoms with Gasteiger partial charge in [-0.05, 0) is 27.2 Å². The highest BCUT2D eigenvalue weighted by Gasteiger charge is 2.90. The topological polar surface area (TPSA) is 158 Å². The number of Topliss-reactive ketones (excluding diaryl/α,β-unsaturated/α-hetero) is 1. The fourth-order valence-electron chi connectivity index (χ4n) is 9.52. The number of ketones is 1. The second-order valence-corrected chi connectivity index (χ2v) is 12.9. The van der Waals surface area contributed by atoms with Crippen molar-refractivity contribution in [2.24, 2.45) is 28.1 Å². The van der Waals surface area contributed by atoms with E-state index in [4.69, 9.17) is 23.7 Å². The minimum Gasteiger partial charge on any atom is -0.469 e. The molecule has 6 aliphatic rings. The summed E-state index contributed by atoms with van der Waals surface area (Å²) in [5.74, 6) is -3.17. The van der Waals surface area contributed by atoms with E-state index < -0.39 is 82.0 Å². The smallest absolute Gasteiger partial charge is 0.339 e. The Labute approximate surface area is 219 Å². The van der Waals surface area contributed by atoms with Crippen molar-refractivity contribution in [1.82, 2.24) is 0 Å². The van der Waals surface area contributed by atoms with E-state index in [0.29, 0.717) is 0 Å². The monoisotopic (exact) mass is 534 g/mol. The Morgan fingerprint density at radius 1 is 1.05 bits per heavy atom. The molecule has 2 saturated carbocycles. The van der Waals surface area contributed by atoms with Crippen LogP contribution in [0.4, 0.5) is 0 Å². The number of hydrogen-bond acceptors (Lipinski definition) is 11. The molecule has 0 aromatic carbocycles. The van der Waals surface area contributed by atoms with Crippen LogP contribution in [0.25, 0.3) is 0 Å². The second-order valence-electron chi connectivity index (χ2n) is 12.9. The summed E-state index contributed by atoms with van der Waals surface area (Å²) in [5.41, 5.74) is -5.49. The van der Waals surface area contributed by atoms with Crippen molar-refractivity contribution >= 4 is 23.7 Å². The van der Waals surface area contributed by atoms with Crippen LogP contribution in [0.3, 0.4) is 0 Å². The van der Waals surface area contributed by atoms with Gasteiger partial charge in [0.25, 0.3) is 0 Å². The van der Waals surface area contributed by atoms with Crippen LogP contribution in [0.15, 0.2) is 11.6 Å². The molecule has 2 aliphatic carbocycles. The highest BCUT2D eigenvalue weighted by Crippen LogP contribution is 2.78. The van der Waals surface area contributed by atoms with Gasteiger partial charge in [0.2, 0.25) is 6.29 Å². The zero-order valence-corrected chi connectivity index (χ0v) is 22.3. The third-order valence-electron chi connectivity index (χ3n) is 11.0. The van der Waals surface area contributed by atoms with E-state index in [1.165, 1.54) is 7.11 Å². The Morgan fingerprint density at radius 2 is 1.74 bits per heavy atom. The maximum atomic E-state index is 14.3. The maximum absolute atomic E-state index is 14.3. The molecule has 1 unspecified atom stereocenters. The number of rotatable bonds is 3. The number of carbonyl (C=O) groups is 4. The third kappa shape index (κ3) is 2.73. The molecule has 208 valence electrons. The third-order valence-corrected chi connectivity index (χ3v) is 11.0. The number of aliphatic hydroxyl groups excluding tert-OH is 2. The van der Waals surface area contributed by atoms with Crippen molar-refractivity contribution in [1.29, 1.82) is 0 Å². The molecule has 11 heteroatoms. The lowest BCUT2D eigenvalue weighted by Crippen LogP contribution is -2.75. The quantitative estimate of drug-likeness (QED) is 0.296. The highest BCUT2D eigenvalue weighted by atomic mass is 16.7. The zero-order chi connectivity index (χ0) is 27.8. The number of cyclic esters (lactones) is 2. The lowest BCUT2D eigenvalue weighted by Gasteiger charge is -2.65. The van der Waals surface area contributed by atoms with Crippen molar-refractivity contribution in [3.05, 3.63) is 11.6 Å². The van der Waals surface area contributed by atoms with E-state index in [0.717, 1.165) is 6.08 Å². The number of aliphatic hydroxyl groups is 2. The van der Waals surface area contributed by atoms with Crippen LogP contribution in [0.1, 0.15) is 53.9 Å². The average Bonchev–Trinajstić information content (AvgIpc) is 3.47. The van der Waals surface area contributed by atoms with Gasteiger partial charge in [-0.1, -0.05) is 13.8 Å². The van der Waals surface area contributed by atoms with E-state index in [9.17, 15) is 29.4 Å². The minimum absolute atomic E-state index is 0.0426. The van der Waals surface area contributed by atoms with E-state index in [-0.39, 0.29) is 36.5 Å². The van der Waals surface area contributed by atoms with Gasteiger partial charge >= 0.3 is 17.9 Å². The number of ether oxygens (including phenoxy) is 5. The number of methoxy groups -OCH3 is 1. The molecule has 0 radical (unpaired) electrons. The Morgan fingerprint density at radius 3 is 2.34 bits per heavy atom. The molecule has 5 fully saturated rings. The Balaban J connectivity index is 1.52. The summed E-state index contributed by atoms with van der Waals surface area (Å²) >= 11 is 0. The van der Waals surface area contributed by atoms with Crippen molar-refractivity contribution in [3.63, 3.8) is 0 Å². The Hall–Kier alpha value is -2.34. The molecule has 38 heavy (non-hydrogen) atoms. The van der Waals surface area contributed by atoms with Crippen molar-refractivity contribution < 1.29 is 53.1 Å². The lowest BCUT2D eigenvalue weighted by atomic mass is 9.36. The zero-order valence-electron chi connectivity index (χ0n) is 22.3. The van der Waals surface area contributed by atoms with E-state index in [1.807, 2.05) is 20.8 Å². The van der Waals surface area contributed by atoms with Gasteiger partial charge < -0.3 is 33.9 Å². The number of esters is 3. The van der Waals surface area contributed by atoms with Gasteiger partial charge in [-0.25, -0.2) is 9.59 Å². The van der Waals surface area contributed by atoms with Gasteiger partial charge in [0, 0.05) is 40.7 Å². The Bertz CT molecular complexity index is 1190. The molecule has 0 aromatic rings. The standard InChI is InChI=1S/C27H34O11/c1-23(2)13-8-14(29)26(5)18(25(13,4)15(37-23)9-16(30)34-6)12(28)10-24(3)19(11-7-17(31)35-21(11)32)36-22(33)20-27(24,26)38-20/h7,12-13,15,18-21,28,32H,8-10H2,1-6H3/t12-,13-,15+,18+,19-,20+,21?,24-,25+,26+,27+/m0/s1. The van der Waals surface area contributed by atoms with Crippen LogP contribution in [-0.4, -0.2) is 82.9 Å². The first-order valence-corrected chi connectivity index (χ1v) is 13.0. The summed E-state index contributed by atoms with van der Waals surface area (Å²) in [6.07, 6.45) is -4.42.